The molecule has 2 aromatic rings. The Morgan fingerprint density at radius 1 is 1.22 bits per heavy atom. The van der Waals surface area contributed by atoms with Gasteiger partial charge in [0.25, 0.3) is 5.91 Å². The summed E-state index contributed by atoms with van der Waals surface area (Å²) in [4.78, 5) is 15.9. The number of carbonyl (C=O) groups excluding carboxylic acids is 1. The van der Waals surface area contributed by atoms with Crippen LogP contribution in [-0.2, 0) is 4.79 Å². The van der Waals surface area contributed by atoms with E-state index in [1.54, 1.807) is 0 Å². The topological polar surface area (TPSA) is 41.6 Å². The molecule has 0 saturated carbocycles. The maximum Gasteiger partial charge on any atom is 0.257 e. The molecule has 146 valence electrons. The normalized spacial score (nSPS) is 15.8. The molecule has 0 aliphatic carbocycles. The van der Waals surface area contributed by atoms with Crippen molar-refractivity contribution in [1.82, 2.24) is 10.2 Å². The first-order valence-electron chi connectivity index (χ1n) is 9.87. The van der Waals surface area contributed by atoms with E-state index in [0.717, 1.165) is 25.4 Å². The Kier molecular flexibility index (Phi) is 7.30. The number of nitrogens with one attached hydrogen (secondary N) is 1. The molecule has 1 aliphatic heterocycles. The summed E-state index contributed by atoms with van der Waals surface area (Å²) < 4.78 is 5.58. The van der Waals surface area contributed by atoms with Gasteiger partial charge in [0, 0.05) is 18.0 Å². The molecule has 3 rings (SSSR count). The Balaban J connectivity index is 1.29. The molecule has 2 heterocycles. The molecule has 0 spiro atoms. The fourth-order valence-electron chi connectivity index (χ4n) is 3.47. The monoisotopic (exact) mass is 386 g/mol. The third kappa shape index (κ3) is 6.08. The van der Waals surface area contributed by atoms with Gasteiger partial charge in [-0.15, -0.1) is 11.3 Å². The first-order chi connectivity index (χ1) is 13.1. The summed E-state index contributed by atoms with van der Waals surface area (Å²) in [5.41, 5.74) is 1.27. The quantitative estimate of drug-likeness (QED) is 0.738. The van der Waals surface area contributed by atoms with Crippen molar-refractivity contribution in [3.8, 4) is 5.75 Å². The SMILES string of the molecule is CC(C)c1ccc(OCC(=O)NCCN2CCC(c3cccs3)CC2)cc1. The predicted molar refractivity (Wildman–Crippen MR) is 112 cm³/mol. The van der Waals surface area contributed by atoms with Crippen molar-refractivity contribution in [3.05, 3.63) is 52.2 Å². The Morgan fingerprint density at radius 2 is 1.96 bits per heavy atom. The lowest BCUT2D eigenvalue weighted by Gasteiger charge is -2.31. The van der Waals surface area contributed by atoms with E-state index in [1.165, 1.54) is 23.3 Å². The van der Waals surface area contributed by atoms with Crippen molar-refractivity contribution in [3.63, 3.8) is 0 Å². The Labute approximate surface area is 166 Å². The van der Waals surface area contributed by atoms with E-state index in [1.807, 2.05) is 23.5 Å². The molecule has 1 aromatic carbocycles. The largest absolute Gasteiger partial charge is 0.484 e. The Hall–Kier alpha value is -1.85. The van der Waals surface area contributed by atoms with Gasteiger partial charge < -0.3 is 15.0 Å². The van der Waals surface area contributed by atoms with Crippen molar-refractivity contribution in [1.29, 1.82) is 0 Å². The van der Waals surface area contributed by atoms with E-state index >= 15 is 0 Å². The number of amides is 1. The van der Waals surface area contributed by atoms with Gasteiger partial charge in [0.1, 0.15) is 5.75 Å². The number of hydrogen-bond acceptors (Lipinski definition) is 4. The number of thiophene rings is 1. The highest BCUT2D eigenvalue weighted by atomic mass is 32.1. The molecule has 0 atom stereocenters. The summed E-state index contributed by atoms with van der Waals surface area (Å²) in [6.45, 7) is 8.20. The van der Waals surface area contributed by atoms with Gasteiger partial charge in [0.15, 0.2) is 6.61 Å². The average molecular weight is 387 g/mol. The van der Waals surface area contributed by atoms with E-state index in [0.29, 0.717) is 18.4 Å². The summed E-state index contributed by atoms with van der Waals surface area (Å²) in [5, 5.41) is 5.13. The number of rotatable bonds is 8. The van der Waals surface area contributed by atoms with Crippen molar-refractivity contribution in [2.45, 2.75) is 38.5 Å². The molecule has 0 bridgehead atoms. The first-order valence-corrected chi connectivity index (χ1v) is 10.7. The van der Waals surface area contributed by atoms with Crippen molar-refractivity contribution < 1.29 is 9.53 Å². The van der Waals surface area contributed by atoms with Gasteiger partial charge in [-0.1, -0.05) is 32.0 Å². The van der Waals surface area contributed by atoms with E-state index in [4.69, 9.17) is 4.74 Å². The van der Waals surface area contributed by atoms with E-state index in [-0.39, 0.29) is 12.5 Å². The summed E-state index contributed by atoms with van der Waals surface area (Å²) >= 11 is 1.87. The second-order valence-corrected chi connectivity index (χ2v) is 8.47. The van der Waals surface area contributed by atoms with Crippen LogP contribution in [0.2, 0.25) is 0 Å². The zero-order chi connectivity index (χ0) is 19.1. The van der Waals surface area contributed by atoms with Crippen LogP contribution in [0, 0.1) is 0 Å². The molecule has 0 radical (unpaired) electrons. The summed E-state index contributed by atoms with van der Waals surface area (Å²) in [5.74, 6) is 1.89. The molecule has 5 heteroatoms. The van der Waals surface area contributed by atoms with Crippen LogP contribution in [0.4, 0.5) is 0 Å². The zero-order valence-electron chi connectivity index (χ0n) is 16.3. The average Bonchev–Trinajstić information content (AvgIpc) is 3.22. The van der Waals surface area contributed by atoms with Crippen molar-refractivity contribution in [2.24, 2.45) is 0 Å². The molecule has 1 aromatic heterocycles. The van der Waals surface area contributed by atoms with Crippen molar-refractivity contribution in [2.75, 3.05) is 32.8 Å². The second kappa shape index (κ2) is 9.90. The van der Waals surface area contributed by atoms with Gasteiger partial charge >= 0.3 is 0 Å². The molecule has 0 unspecified atom stereocenters. The number of piperidine rings is 1. The molecule has 27 heavy (non-hydrogen) atoms. The molecule has 1 aliphatic rings. The van der Waals surface area contributed by atoms with Gasteiger partial charge in [0.2, 0.25) is 0 Å². The Bertz CT molecular complexity index is 690. The van der Waals surface area contributed by atoms with E-state index in [2.05, 4.69) is 53.7 Å². The first kappa shape index (κ1) is 19.9. The lowest BCUT2D eigenvalue weighted by Crippen LogP contribution is -2.40. The highest BCUT2D eigenvalue weighted by molar-refractivity contribution is 7.10. The van der Waals surface area contributed by atoms with Crippen LogP contribution in [0.15, 0.2) is 41.8 Å². The van der Waals surface area contributed by atoms with Gasteiger partial charge in [-0.3, -0.25) is 4.79 Å². The van der Waals surface area contributed by atoms with Crippen LogP contribution < -0.4 is 10.1 Å². The summed E-state index contributed by atoms with van der Waals surface area (Å²) in [7, 11) is 0. The minimum absolute atomic E-state index is 0.0589. The molecular formula is C22H30N2O2S. The molecule has 4 nitrogen and oxygen atoms in total. The van der Waals surface area contributed by atoms with Gasteiger partial charge in [0.05, 0.1) is 0 Å². The zero-order valence-corrected chi connectivity index (χ0v) is 17.1. The summed E-state index contributed by atoms with van der Waals surface area (Å²) in [6.07, 6.45) is 2.42. The highest BCUT2D eigenvalue weighted by Crippen LogP contribution is 2.30. The molecule has 1 fully saturated rings. The third-order valence-corrected chi connectivity index (χ3v) is 6.23. The smallest absolute Gasteiger partial charge is 0.257 e. The number of carbonyl (C=O) groups is 1. The maximum atomic E-state index is 12.0. The van der Waals surface area contributed by atoms with E-state index < -0.39 is 0 Å². The standard InChI is InChI=1S/C22H30N2O2S/c1-17(2)18-5-7-20(8-6-18)26-16-22(25)23-11-14-24-12-9-19(10-13-24)21-4-3-15-27-21/h3-8,15,17,19H,9-14,16H2,1-2H3,(H,23,25). The minimum Gasteiger partial charge on any atom is -0.484 e. The number of benzene rings is 1. The highest BCUT2D eigenvalue weighted by Gasteiger charge is 2.20. The maximum absolute atomic E-state index is 12.0. The van der Waals surface area contributed by atoms with Crippen LogP contribution in [0.1, 0.15) is 49.0 Å². The van der Waals surface area contributed by atoms with Crippen molar-refractivity contribution >= 4 is 17.2 Å². The van der Waals surface area contributed by atoms with Crippen LogP contribution in [-0.4, -0.2) is 43.6 Å². The number of nitrogens with zero attached hydrogens (tertiary/aromatic N) is 1. The lowest BCUT2D eigenvalue weighted by atomic mass is 9.95. The number of likely N-dealkylation sites (tertiary alicyclic amines) is 1. The minimum atomic E-state index is -0.0589. The number of ether oxygens (including phenoxy) is 1. The summed E-state index contributed by atoms with van der Waals surface area (Å²) in [6, 6.07) is 12.4. The van der Waals surface area contributed by atoms with Crippen LogP contribution in [0.3, 0.4) is 0 Å². The fraction of sp³-hybridized carbons (Fsp3) is 0.500. The molecular weight excluding hydrogens is 356 g/mol. The second-order valence-electron chi connectivity index (χ2n) is 7.49. The lowest BCUT2D eigenvalue weighted by molar-refractivity contribution is -0.123. The molecule has 1 N–H and O–H groups in total. The Morgan fingerprint density at radius 3 is 2.59 bits per heavy atom. The van der Waals surface area contributed by atoms with Gasteiger partial charge in [-0.05, 0) is 66.9 Å². The third-order valence-electron chi connectivity index (χ3n) is 5.20. The van der Waals surface area contributed by atoms with Gasteiger partial charge in [-0.2, -0.15) is 0 Å². The van der Waals surface area contributed by atoms with E-state index in [9.17, 15) is 4.79 Å². The van der Waals surface area contributed by atoms with Gasteiger partial charge in [-0.25, -0.2) is 0 Å². The fourth-order valence-corrected chi connectivity index (χ4v) is 4.37. The predicted octanol–water partition coefficient (Wildman–Crippen LogP) is 4.25. The molecule has 1 saturated heterocycles. The molecule has 1 amide bonds. The number of hydrogen-bond donors (Lipinski definition) is 1. The van der Waals surface area contributed by atoms with Crippen LogP contribution in [0.25, 0.3) is 0 Å². The van der Waals surface area contributed by atoms with Crippen LogP contribution >= 0.6 is 11.3 Å². The van der Waals surface area contributed by atoms with Crippen LogP contribution in [0.5, 0.6) is 5.75 Å².